The van der Waals surface area contributed by atoms with Crippen LogP contribution in [0.2, 0.25) is 0 Å². The molecular weight excluding hydrogens is 523 g/mol. The topological polar surface area (TPSA) is 49.3 Å². The molecule has 0 aliphatic heterocycles. The van der Waals surface area contributed by atoms with Crippen LogP contribution < -0.4 is 5.32 Å². The highest BCUT2D eigenvalue weighted by Gasteiger charge is 2.28. The van der Waals surface area contributed by atoms with Crippen molar-refractivity contribution in [3.05, 3.63) is 33.4 Å². The Hall–Kier alpha value is 0.680. The van der Waals surface area contributed by atoms with Gasteiger partial charge in [-0.3, -0.25) is 5.32 Å². The lowest BCUT2D eigenvalue weighted by atomic mass is 10.2. The van der Waals surface area contributed by atoms with Gasteiger partial charge < -0.3 is 5.11 Å². The maximum Gasteiger partial charge on any atom is 0.406 e. The molecule has 0 unspecified atom stereocenters. The predicted molar refractivity (Wildman–Crippen MR) is 80.0 cm³/mol. The van der Waals surface area contributed by atoms with Gasteiger partial charge in [0, 0.05) is 9.13 Å². The summed E-state index contributed by atoms with van der Waals surface area (Å²) >= 11 is 6.33. The quantitative estimate of drug-likeness (QED) is 0.351. The standard InChI is InChI=1S/C8H6I3NO2/c9-6-4-2-1-3-5(6)8(10,11)12-7(13)14/h1-4,12H,(H,13,14). The van der Waals surface area contributed by atoms with Crippen LogP contribution in [0, 0.1) is 3.57 Å². The highest BCUT2D eigenvalue weighted by molar-refractivity contribution is 14.2. The summed E-state index contributed by atoms with van der Waals surface area (Å²) in [5, 5.41) is 11.1. The largest absolute Gasteiger partial charge is 0.465 e. The second-order valence-electron chi connectivity index (χ2n) is 2.48. The van der Waals surface area contributed by atoms with Gasteiger partial charge in [-0.05, 0) is 73.8 Å². The first-order chi connectivity index (χ1) is 6.43. The normalized spacial score (nSPS) is 11.1. The molecule has 76 valence electrons. The number of alkyl halides is 2. The molecule has 1 amide bonds. The number of carbonyl (C=O) groups is 1. The van der Waals surface area contributed by atoms with Gasteiger partial charge in [-0.1, -0.05) is 18.2 Å². The van der Waals surface area contributed by atoms with Gasteiger partial charge >= 0.3 is 6.09 Å². The molecule has 0 radical (unpaired) electrons. The average molecular weight is 529 g/mol. The summed E-state index contributed by atoms with van der Waals surface area (Å²) in [4.78, 5) is 10.6. The van der Waals surface area contributed by atoms with Gasteiger partial charge in [0.1, 0.15) is 0 Å². The van der Waals surface area contributed by atoms with Gasteiger partial charge in [0.05, 0.1) is 0 Å². The van der Waals surface area contributed by atoms with Gasteiger partial charge in [0.25, 0.3) is 0 Å². The molecule has 14 heavy (non-hydrogen) atoms. The van der Waals surface area contributed by atoms with E-state index in [4.69, 9.17) is 5.11 Å². The number of nitrogens with one attached hydrogen (secondary N) is 1. The summed E-state index contributed by atoms with van der Waals surface area (Å²) in [5.74, 6) is 0. The van der Waals surface area contributed by atoms with E-state index in [2.05, 4.69) is 73.1 Å². The van der Waals surface area contributed by atoms with E-state index in [0.29, 0.717) is 0 Å². The summed E-state index contributed by atoms with van der Waals surface area (Å²) in [6.45, 7) is 0. The molecule has 0 saturated carbocycles. The minimum Gasteiger partial charge on any atom is -0.465 e. The Morgan fingerprint density at radius 3 is 2.43 bits per heavy atom. The molecule has 1 aromatic carbocycles. The van der Waals surface area contributed by atoms with Crippen molar-refractivity contribution in [1.29, 1.82) is 0 Å². The Kier molecular flexibility index (Phi) is 4.68. The molecule has 0 atom stereocenters. The van der Waals surface area contributed by atoms with Crippen LogP contribution in [0.5, 0.6) is 0 Å². The molecule has 6 heteroatoms. The summed E-state index contributed by atoms with van der Waals surface area (Å²) in [5.41, 5.74) is 0.962. The van der Waals surface area contributed by atoms with Crippen molar-refractivity contribution in [3.63, 3.8) is 0 Å². The monoisotopic (exact) mass is 529 g/mol. The lowest BCUT2D eigenvalue weighted by Crippen LogP contribution is -2.35. The zero-order valence-electron chi connectivity index (χ0n) is 6.80. The minimum absolute atomic E-state index is 0.612. The third kappa shape index (κ3) is 3.36. The van der Waals surface area contributed by atoms with Crippen LogP contribution in [0.1, 0.15) is 5.56 Å². The van der Waals surface area contributed by atoms with Crippen molar-refractivity contribution in [2.75, 3.05) is 0 Å². The van der Waals surface area contributed by atoms with Crippen molar-refractivity contribution in [3.8, 4) is 0 Å². The Morgan fingerprint density at radius 1 is 1.36 bits per heavy atom. The molecule has 0 heterocycles. The number of halogens is 3. The van der Waals surface area contributed by atoms with Crippen LogP contribution in [0.3, 0.4) is 0 Å². The highest BCUT2D eigenvalue weighted by atomic mass is 127. The summed E-state index contributed by atoms with van der Waals surface area (Å²) < 4.78 is 0.432. The lowest BCUT2D eigenvalue weighted by molar-refractivity contribution is 0.193. The number of hydrogen-bond acceptors (Lipinski definition) is 1. The second kappa shape index (κ2) is 5.14. The van der Waals surface area contributed by atoms with E-state index in [1.54, 1.807) is 0 Å². The van der Waals surface area contributed by atoms with Crippen molar-refractivity contribution in [1.82, 2.24) is 5.32 Å². The Bertz CT molecular complexity index is 354. The van der Waals surface area contributed by atoms with Crippen molar-refractivity contribution in [2.24, 2.45) is 0 Å². The number of rotatable bonds is 2. The molecule has 0 aromatic heterocycles. The number of carboxylic acid groups (broad SMARTS) is 1. The Morgan fingerprint density at radius 2 is 1.93 bits per heavy atom. The van der Waals surface area contributed by atoms with E-state index >= 15 is 0 Å². The van der Waals surface area contributed by atoms with Gasteiger partial charge in [0.2, 0.25) is 0 Å². The van der Waals surface area contributed by atoms with Gasteiger partial charge in [-0.25, -0.2) is 4.79 Å². The number of amides is 1. The Labute approximate surface area is 122 Å². The molecule has 1 rings (SSSR count). The molecule has 0 aliphatic rings. The average Bonchev–Trinajstić information content (AvgIpc) is 2.02. The van der Waals surface area contributed by atoms with Crippen LogP contribution in [-0.4, -0.2) is 11.2 Å². The second-order valence-corrected chi connectivity index (χ2v) is 8.95. The molecule has 1 aromatic rings. The first-order valence-electron chi connectivity index (χ1n) is 3.57. The van der Waals surface area contributed by atoms with Crippen molar-refractivity contribution >= 4 is 73.9 Å². The smallest absolute Gasteiger partial charge is 0.406 e. The third-order valence-electron chi connectivity index (χ3n) is 1.48. The van der Waals surface area contributed by atoms with Crippen LogP contribution >= 0.6 is 67.8 Å². The first kappa shape index (κ1) is 12.7. The highest BCUT2D eigenvalue weighted by Crippen LogP contribution is 2.38. The van der Waals surface area contributed by atoms with Gasteiger partial charge in [-0.15, -0.1) is 0 Å². The molecule has 3 nitrogen and oxygen atoms in total. The molecule has 0 bridgehead atoms. The minimum atomic E-state index is -1.02. The van der Waals surface area contributed by atoms with E-state index in [-0.39, 0.29) is 0 Å². The van der Waals surface area contributed by atoms with Crippen LogP contribution in [0.25, 0.3) is 0 Å². The fourth-order valence-corrected chi connectivity index (χ4v) is 4.14. The molecular formula is C8H6I3NO2. The fraction of sp³-hybridized carbons (Fsp3) is 0.125. The third-order valence-corrected chi connectivity index (χ3v) is 4.12. The maximum atomic E-state index is 10.6. The molecule has 0 spiro atoms. The summed E-state index contributed by atoms with van der Waals surface area (Å²) in [7, 11) is 0. The zero-order valence-corrected chi connectivity index (χ0v) is 13.3. The lowest BCUT2D eigenvalue weighted by Gasteiger charge is -2.22. The maximum absolute atomic E-state index is 10.6. The van der Waals surface area contributed by atoms with Gasteiger partial charge in [-0.2, -0.15) is 0 Å². The van der Waals surface area contributed by atoms with E-state index < -0.39 is 7.65 Å². The van der Waals surface area contributed by atoms with Crippen LogP contribution in [0.4, 0.5) is 4.79 Å². The SMILES string of the molecule is O=C(O)NC(I)(I)c1ccccc1I. The number of benzene rings is 1. The number of hydrogen-bond donors (Lipinski definition) is 2. The molecule has 0 aliphatic carbocycles. The van der Waals surface area contributed by atoms with E-state index in [9.17, 15) is 4.79 Å². The molecule has 2 N–H and O–H groups in total. The molecule has 0 fully saturated rings. The molecule has 0 saturated heterocycles. The van der Waals surface area contributed by atoms with E-state index in [1.165, 1.54) is 0 Å². The van der Waals surface area contributed by atoms with Gasteiger partial charge in [0.15, 0.2) is 1.55 Å². The Balaban J connectivity index is 3.03. The van der Waals surface area contributed by atoms with E-state index in [1.807, 2.05) is 24.3 Å². The fourth-order valence-electron chi connectivity index (χ4n) is 0.917. The zero-order chi connectivity index (χ0) is 10.8. The summed E-state index contributed by atoms with van der Waals surface area (Å²) in [6, 6.07) is 7.69. The van der Waals surface area contributed by atoms with E-state index in [0.717, 1.165) is 9.13 Å². The van der Waals surface area contributed by atoms with Crippen molar-refractivity contribution < 1.29 is 9.90 Å². The summed E-state index contributed by atoms with van der Waals surface area (Å²) in [6.07, 6.45) is -1.02. The first-order valence-corrected chi connectivity index (χ1v) is 6.81. The predicted octanol–water partition coefficient (Wildman–Crippen LogP) is 3.54. The van der Waals surface area contributed by atoms with Crippen molar-refractivity contribution in [2.45, 2.75) is 1.55 Å². The van der Waals surface area contributed by atoms with Crippen LogP contribution in [0.15, 0.2) is 24.3 Å². The van der Waals surface area contributed by atoms with Crippen LogP contribution in [-0.2, 0) is 1.55 Å².